The number of aromatic nitrogens is 2. The average Bonchev–Trinajstić information content (AvgIpc) is 2.98. The predicted octanol–water partition coefficient (Wildman–Crippen LogP) is 3.57. The SMILES string of the molecule is O=C(O)c1cnccc1-c1csc(-c2ccccc2)n1. The molecule has 0 aliphatic carbocycles. The number of rotatable bonds is 3. The molecule has 0 bridgehead atoms. The van der Waals surface area contributed by atoms with Gasteiger partial charge in [-0.25, -0.2) is 9.78 Å². The lowest BCUT2D eigenvalue weighted by Gasteiger charge is -2.01. The molecule has 0 aliphatic rings. The van der Waals surface area contributed by atoms with E-state index in [2.05, 4.69) is 9.97 Å². The quantitative estimate of drug-likeness (QED) is 0.797. The van der Waals surface area contributed by atoms with Crippen LogP contribution in [0, 0.1) is 0 Å². The highest BCUT2D eigenvalue weighted by Crippen LogP contribution is 2.30. The van der Waals surface area contributed by atoms with Gasteiger partial charge in [-0.05, 0) is 6.07 Å². The summed E-state index contributed by atoms with van der Waals surface area (Å²) >= 11 is 1.49. The van der Waals surface area contributed by atoms with Gasteiger partial charge in [-0.1, -0.05) is 30.3 Å². The highest BCUT2D eigenvalue weighted by atomic mass is 32.1. The van der Waals surface area contributed by atoms with Crippen molar-refractivity contribution in [2.45, 2.75) is 0 Å². The molecule has 3 rings (SSSR count). The molecular weight excluding hydrogens is 272 g/mol. The van der Waals surface area contributed by atoms with Crippen molar-refractivity contribution in [3.63, 3.8) is 0 Å². The van der Waals surface area contributed by atoms with Crippen molar-refractivity contribution in [2.24, 2.45) is 0 Å². The minimum Gasteiger partial charge on any atom is -0.478 e. The largest absolute Gasteiger partial charge is 0.478 e. The summed E-state index contributed by atoms with van der Waals surface area (Å²) in [6, 6.07) is 11.5. The number of hydrogen-bond donors (Lipinski definition) is 1. The Kier molecular flexibility index (Phi) is 3.26. The molecule has 0 spiro atoms. The second-order valence-corrected chi connectivity index (χ2v) is 4.99. The van der Waals surface area contributed by atoms with E-state index in [-0.39, 0.29) is 5.56 Å². The molecule has 0 fully saturated rings. The lowest BCUT2D eigenvalue weighted by molar-refractivity contribution is 0.0697. The summed E-state index contributed by atoms with van der Waals surface area (Å²) in [7, 11) is 0. The van der Waals surface area contributed by atoms with E-state index in [1.807, 2.05) is 35.7 Å². The molecule has 5 heteroatoms. The van der Waals surface area contributed by atoms with E-state index in [0.29, 0.717) is 11.3 Å². The molecule has 20 heavy (non-hydrogen) atoms. The minimum absolute atomic E-state index is 0.164. The topological polar surface area (TPSA) is 63.1 Å². The number of carboxylic acid groups (broad SMARTS) is 1. The van der Waals surface area contributed by atoms with Gasteiger partial charge in [0.15, 0.2) is 0 Å². The number of aromatic carboxylic acids is 1. The molecule has 2 aromatic heterocycles. The molecule has 98 valence electrons. The highest BCUT2D eigenvalue weighted by Gasteiger charge is 2.14. The zero-order chi connectivity index (χ0) is 13.9. The molecular formula is C15H10N2O2S. The smallest absolute Gasteiger partial charge is 0.337 e. The minimum atomic E-state index is -0.998. The second kappa shape index (κ2) is 5.22. The van der Waals surface area contributed by atoms with Crippen LogP contribution in [-0.2, 0) is 0 Å². The second-order valence-electron chi connectivity index (χ2n) is 4.13. The van der Waals surface area contributed by atoms with Crippen LogP contribution in [0.1, 0.15) is 10.4 Å². The van der Waals surface area contributed by atoms with E-state index in [4.69, 9.17) is 0 Å². The van der Waals surface area contributed by atoms with Gasteiger partial charge in [0.1, 0.15) is 5.01 Å². The van der Waals surface area contributed by atoms with Crippen molar-refractivity contribution < 1.29 is 9.90 Å². The van der Waals surface area contributed by atoms with E-state index in [0.717, 1.165) is 10.6 Å². The van der Waals surface area contributed by atoms with Crippen molar-refractivity contribution >= 4 is 17.3 Å². The summed E-state index contributed by atoms with van der Waals surface area (Å²) in [6.07, 6.45) is 2.92. The summed E-state index contributed by atoms with van der Waals surface area (Å²) in [4.78, 5) is 19.6. The fraction of sp³-hybridized carbons (Fsp3) is 0. The van der Waals surface area contributed by atoms with Crippen molar-refractivity contribution in [1.82, 2.24) is 9.97 Å². The van der Waals surface area contributed by atoms with Gasteiger partial charge in [-0.15, -0.1) is 11.3 Å². The number of thiazole rings is 1. The average molecular weight is 282 g/mol. The number of nitrogens with zero attached hydrogens (tertiary/aromatic N) is 2. The Balaban J connectivity index is 2.05. The van der Waals surface area contributed by atoms with Crippen LogP contribution in [0.25, 0.3) is 21.8 Å². The van der Waals surface area contributed by atoms with E-state index in [1.54, 1.807) is 12.3 Å². The Morgan fingerprint density at radius 1 is 1.15 bits per heavy atom. The first-order valence-corrected chi connectivity index (χ1v) is 6.82. The first-order valence-electron chi connectivity index (χ1n) is 5.94. The summed E-state index contributed by atoms with van der Waals surface area (Å²) in [6.45, 7) is 0. The van der Waals surface area contributed by atoms with Crippen LogP contribution >= 0.6 is 11.3 Å². The standard InChI is InChI=1S/C15H10N2O2S/c18-15(19)12-8-16-7-6-11(12)13-9-20-14(17-13)10-4-2-1-3-5-10/h1-9H,(H,18,19). The van der Waals surface area contributed by atoms with Crippen LogP contribution in [0.4, 0.5) is 0 Å². The zero-order valence-corrected chi connectivity index (χ0v) is 11.2. The Labute approximate surface area is 119 Å². The van der Waals surface area contributed by atoms with Crippen molar-refractivity contribution in [3.05, 3.63) is 59.7 Å². The monoisotopic (exact) mass is 282 g/mol. The van der Waals surface area contributed by atoms with Gasteiger partial charge in [0, 0.05) is 28.9 Å². The fourth-order valence-corrected chi connectivity index (χ4v) is 2.73. The molecule has 2 heterocycles. The summed E-state index contributed by atoms with van der Waals surface area (Å²) in [5.41, 5.74) is 2.44. The van der Waals surface area contributed by atoms with Crippen LogP contribution in [0.15, 0.2) is 54.2 Å². The molecule has 1 N–H and O–H groups in total. The molecule has 4 nitrogen and oxygen atoms in total. The van der Waals surface area contributed by atoms with E-state index in [1.165, 1.54) is 17.5 Å². The first kappa shape index (κ1) is 12.5. The van der Waals surface area contributed by atoms with Gasteiger partial charge in [0.25, 0.3) is 0 Å². The van der Waals surface area contributed by atoms with Gasteiger partial charge in [0.05, 0.1) is 11.3 Å². The lowest BCUT2D eigenvalue weighted by atomic mass is 10.1. The number of benzene rings is 1. The van der Waals surface area contributed by atoms with E-state index in [9.17, 15) is 9.90 Å². The predicted molar refractivity (Wildman–Crippen MR) is 77.7 cm³/mol. The highest BCUT2D eigenvalue weighted by molar-refractivity contribution is 7.13. The van der Waals surface area contributed by atoms with Crippen molar-refractivity contribution in [1.29, 1.82) is 0 Å². The normalized spacial score (nSPS) is 10.4. The Bertz CT molecular complexity index is 753. The maximum absolute atomic E-state index is 11.2. The van der Waals surface area contributed by atoms with Crippen LogP contribution in [0.2, 0.25) is 0 Å². The van der Waals surface area contributed by atoms with E-state index < -0.39 is 5.97 Å². The number of carboxylic acids is 1. The molecule has 3 aromatic rings. The van der Waals surface area contributed by atoms with Crippen LogP contribution in [0.3, 0.4) is 0 Å². The molecule has 0 amide bonds. The maximum atomic E-state index is 11.2. The summed E-state index contributed by atoms with van der Waals surface area (Å²) < 4.78 is 0. The molecule has 0 aliphatic heterocycles. The third-order valence-corrected chi connectivity index (χ3v) is 3.74. The van der Waals surface area contributed by atoms with Crippen LogP contribution in [0.5, 0.6) is 0 Å². The number of carbonyl (C=O) groups is 1. The molecule has 0 atom stereocenters. The van der Waals surface area contributed by atoms with Gasteiger partial charge in [-0.3, -0.25) is 4.98 Å². The molecule has 0 saturated heterocycles. The molecule has 0 unspecified atom stereocenters. The Morgan fingerprint density at radius 3 is 2.70 bits per heavy atom. The number of pyridine rings is 1. The zero-order valence-electron chi connectivity index (χ0n) is 10.4. The first-order chi connectivity index (χ1) is 9.75. The van der Waals surface area contributed by atoms with Gasteiger partial charge in [-0.2, -0.15) is 0 Å². The Morgan fingerprint density at radius 2 is 1.95 bits per heavy atom. The fourth-order valence-electron chi connectivity index (χ4n) is 1.90. The summed E-state index contributed by atoms with van der Waals surface area (Å²) in [5, 5.41) is 11.9. The molecule has 0 saturated carbocycles. The Hall–Kier alpha value is -2.53. The van der Waals surface area contributed by atoms with Crippen LogP contribution in [-0.4, -0.2) is 21.0 Å². The third-order valence-electron chi connectivity index (χ3n) is 2.85. The maximum Gasteiger partial charge on any atom is 0.337 e. The van der Waals surface area contributed by atoms with Crippen molar-refractivity contribution in [3.8, 4) is 21.8 Å². The number of hydrogen-bond acceptors (Lipinski definition) is 4. The van der Waals surface area contributed by atoms with Gasteiger partial charge in [0.2, 0.25) is 0 Å². The van der Waals surface area contributed by atoms with Gasteiger partial charge < -0.3 is 5.11 Å². The molecule has 0 radical (unpaired) electrons. The van der Waals surface area contributed by atoms with E-state index >= 15 is 0 Å². The summed E-state index contributed by atoms with van der Waals surface area (Å²) in [5.74, 6) is -0.998. The molecule has 1 aromatic carbocycles. The lowest BCUT2D eigenvalue weighted by Crippen LogP contribution is -2.00. The third kappa shape index (κ3) is 2.31. The van der Waals surface area contributed by atoms with Crippen molar-refractivity contribution in [2.75, 3.05) is 0 Å². The van der Waals surface area contributed by atoms with Crippen LogP contribution < -0.4 is 0 Å². The van der Waals surface area contributed by atoms with Gasteiger partial charge >= 0.3 is 5.97 Å².